The second-order valence-electron chi connectivity index (χ2n) is 4.77. The molecule has 0 aliphatic carbocycles. The van der Waals surface area contributed by atoms with E-state index >= 15 is 0 Å². The Morgan fingerprint density at radius 2 is 1.85 bits per heavy atom. The van der Waals surface area contributed by atoms with Gasteiger partial charge >= 0.3 is 0 Å². The Bertz CT molecular complexity index is 761. The van der Waals surface area contributed by atoms with Crippen LogP contribution in [0.2, 0.25) is 0 Å². The lowest BCUT2D eigenvalue weighted by Gasteiger charge is -2.09. The second-order valence-corrected chi connectivity index (χ2v) is 4.77. The molecule has 0 aliphatic rings. The van der Waals surface area contributed by atoms with Crippen molar-refractivity contribution in [3.63, 3.8) is 0 Å². The van der Waals surface area contributed by atoms with Crippen molar-refractivity contribution in [3.05, 3.63) is 54.1 Å². The molecule has 3 aromatic rings. The van der Waals surface area contributed by atoms with Gasteiger partial charge in [0.2, 0.25) is 5.89 Å². The molecule has 0 saturated carbocycles. The maximum absolute atomic E-state index is 11.9. The lowest BCUT2D eigenvalue weighted by molar-refractivity contribution is 0.0828. The van der Waals surface area contributed by atoms with Crippen LogP contribution < -0.4 is 0 Å². The molecule has 4 heteroatoms. The zero-order chi connectivity index (χ0) is 14.1. The first-order valence-corrected chi connectivity index (χ1v) is 6.33. The molecule has 20 heavy (non-hydrogen) atoms. The number of aromatic nitrogens is 1. The fraction of sp³-hybridized carbons (Fsp3) is 0.125. The topological polar surface area (TPSA) is 46.3 Å². The van der Waals surface area contributed by atoms with Gasteiger partial charge in [-0.1, -0.05) is 18.2 Å². The van der Waals surface area contributed by atoms with Crippen molar-refractivity contribution in [3.8, 4) is 11.5 Å². The largest absolute Gasteiger partial charge is 0.436 e. The number of oxazole rings is 1. The Labute approximate surface area is 116 Å². The SMILES string of the molecule is CN(C)C(=O)c1ccc2oc(-c3ccccc3)nc2c1. The summed E-state index contributed by atoms with van der Waals surface area (Å²) in [5.74, 6) is 0.520. The average molecular weight is 266 g/mol. The number of rotatable bonds is 2. The number of carbonyl (C=O) groups is 1. The monoisotopic (exact) mass is 266 g/mol. The molecule has 0 fully saturated rings. The lowest BCUT2D eigenvalue weighted by atomic mass is 10.2. The first-order chi connectivity index (χ1) is 9.65. The van der Waals surface area contributed by atoms with Crippen LogP contribution in [0.1, 0.15) is 10.4 Å². The van der Waals surface area contributed by atoms with Gasteiger partial charge in [-0.2, -0.15) is 0 Å². The Hall–Kier alpha value is -2.62. The molecule has 2 aromatic carbocycles. The summed E-state index contributed by atoms with van der Waals surface area (Å²) < 4.78 is 5.71. The predicted molar refractivity (Wildman–Crippen MR) is 77.5 cm³/mol. The summed E-state index contributed by atoms with van der Waals surface area (Å²) in [4.78, 5) is 17.9. The molecule has 1 aromatic heterocycles. The third kappa shape index (κ3) is 2.16. The minimum atomic E-state index is -0.0452. The summed E-state index contributed by atoms with van der Waals surface area (Å²) in [6, 6.07) is 15.0. The molecule has 0 atom stereocenters. The van der Waals surface area contributed by atoms with Crippen molar-refractivity contribution < 1.29 is 9.21 Å². The van der Waals surface area contributed by atoms with E-state index in [0.29, 0.717) is 22.6 Å². The van der Waals surface area contributed by atoms with Gasteiger partial charge in [0.1, 0.15) is 5.52 Å². The minimum absolute atomic E-state index is 0.0452. The molecule has 3 rings (SSSR count). The first-order valence-electron chi connectivity index (χ1n) is 6.33. The van der Waals surface area contributed by atoms with Crippen molar-refractivity contribution in [1.29, 1.82) is 0 Å². The van der Waals surface area contributed by atoms with Gasteiger partial charge in [-0.25, -0.2) is 4.98 Å². The maximum Gasteiger partial charge on any atom is 0.253 e. The number of benzene rings is 2. The summed E-state index contributed by atoms with van der Waals surface area (Å²) in [6.07, 6.45) is 0. The standard InChI is InChI=1S/C16H14N2O2/c1-18(2)16(19)12-8-9-14-13(10-12)17-15(20-14)11-6-4-3-5-7-11/h3-10H,1-2H3. The van der Waals surface area contributed by atoms with Crippen LogP contribution in [0.15, 0.2) is 52.9 Å². The highest BCUT2D eigenvalue weighted by Crippen LogP contribution is 2.24. The molecule has 0 aliphatic heterocycles. The van der Waals surface area contributed by atoms with Crippen LogP contribution in [0.5, 0.6) is 0 Å². The van der Waals surface area contributed by atoms with Crippen molar-refractivity contribution in [2.75, 3.05) is 14.1 Å². The van der Waals surface area contributed by atoms with Crippen LogP contribution in [-0.2, 0) is 0 Å². The highest BCUT2D eigenvalue weighted by molar-refractivity contribution is 5.97. The summed E-state index contributed by atoms with van der Waals surface area (Å²) in [6.45, 7) is 0. The van der Waals surface area contributed by atoms with Gasteiger partial charge in [0, 0.05) is 25.2 Å². The van der Waals surface area contributed by atoms with E-state index in [1.165, 1.54) is 0 Å². The third-order valence-corrected chi connectivity index (χ3v) is 3.06. The Kier molecular flexibility index (Phi) is 2.99. The molecular formula is C16H14N2O2. The Balaban J connectivity index is 2.06. The summed E-state index contributed by atoms with van der Waals surface area (Å²) in [5, 5.41) is 0. The zero-order valence-corrected chi connectivity index (χ0v) is 11.3. The third-order valence-electron chi connectivity index (χ3n) is 3.06. The van der Waals surface area contributed by atoms with Gasteiger partial charge in [0.05, 0.1) is 0 Å². The van der Waals surface area contributed by atoms with Gasteiger partial charge in [-0.05, 0) is 30.3 Å². The number of hydrogen-bond acceptors (Lipinski definition) is 3. The second kappa shape index (κ2) is 4.81. The van der Waals surface area contributed by atoms with Gasteiger partial charge in [-0.15, -0.1) is 0 Å². The number of carbonyl (C=O) groups excluding carboxylic acids is 1. The quantitative estimate of drug-likeness (QED) is 0.715. The van der Waals surface area contributed by atoms with Crippen LogP contribution in [0.3, 0.4) is 0 Å². The van der Waals surface area contributed by atoms with E-state index in [-0.39, 0.29) is 5.91 Å². The van der Waals surface area contributed by atoms with E-state index in [1.54, 1.807) is 37.2 Å². The van der Waals surface area contributed by atoms with Crippen LogP contribution in [0.4, 0.5) is 0 Å². The molecule has 1 amide bonds. The normalized spacial score (nSPS) is 10.7. The molecule has 1 heterocycles. The minimum Gasteiger partial charge on any atom is -0.436 e. The molecule has 0 spiro atoms. The van der Waals surface area contributed by atoms with Gasteiger partial charge in [0.25, 0.3) is 5.91 Å². The molecule has 0 bridgehead atoms. The van der Waals surface area contributed by atoms with Crippen LogP contribution >= 0.6 is 0 Å². The van der Waals surface area contributed by atoms with E-state index in [4.69, 9.17) is 4.42 Å². The predicted octanol–water partition coefficient (Wildman–Crippen LogP) is 3.20. The lowest BCUT2D eigenvalue weighted by Crippen LogP contribution is -2.21. The van der Waals surface area contributed by atoms with E-state index in [2.05, 4.69) is 4.98 Å². The number of fused-ring (bicyclic) bond motifs is 1. The smallest absolute Gasteiger partial charge is 0.253 e. The van der Waals surface area contributed by atoms with E-state index in [0.717, 1.165) is 5.56 Å². The van der Waals surface area contributed by atoms with Gasteiger partial charge in [-0.3, -0.25) is 4.79 Å². The molecule has 0 radical (unpaired) electrons. The van der Waals surface area contributed by atoms with Crippen LogP contribution in [-0.4, -0.2) is 29.9 Å². The van der Waals surface area contributed by atoms with Crippen molar-refractivity contribution >= 4 is 17.0 Å². The van der Waals surface area contributed by atoms with Crippen molar-refractivity contribution in [2.45, 2.75) is 0 Å². The molecule has 0 saturated heterocycles. The van der Waals surface area contributed by atoms with Crippen molar-refractivity contribution in [2.24, 2.45) is 0 Å². The maximum atomic E-state index is 11.9. The molecular weight excluding hydrogens is 252 g/mol. The van der Waals surface area contributed by atoms with Crippen molar-refractivity contribution in [1.82, 2.24) is 9.88 Å². The summed E-state index contributed by atoms with van der Waals surface area (Å²) in [7, 11) is 3.45. The highest BCUT2D eigenvalue weighted by atomic mass is 16.3. The molecule has 4 nitrogen and oxygen atoms in total. The van der Waals surface area contributed by atoms with E-state index < -0.39 is 0 Å². The van der Waals surface area contributed by atoms with Crippen LogP contribution in [0.25, 0.3) is 22.6 Å². The first kappa shape index (κ1) is 12.4. The summed E-state index contributed by atoms with van der Waals surface area (Å²) in [5.41, 5.74) is 2.90. The molecule has 0 unspecified atom stereocenters. The summed E-state index contributed by atoms with van der Waals surface area (Å²) >= 11 is 0. The van der Waals surface area contributed by atoms with Crippen LogP contribution in [0, 0.1) is 0 Å². The van der Waals surface area contributed by atoms with E-state index in [1.807, 2.05) is 30.3 Å². The fourth-order valence-corrected chi connectivity index (χ4v) is 2.02. The highest BCUT2D eigenvalue weighted by Gasteiger charge is 2.12. The van der Waals surface area contributed by atoms with E-state index in [9.17, 15) is 4.79 Å². The Morgan fingerprint density at radius 1 is 1.10 bits per heavy atom. The molecule has 0 N–H and O–H groups in total. The number of hydrogen-bond donors (Lipinski definition) is 0. The Morgan fingerprint density at radius 3 is 2.55 bits per heavy atom. The number of amides is 1. The zero-order valence-electron chi connectivity index (χ0n) is 11.3. The average Bonchev–Trinajstić information content (AvgIpc) is 2.90. The molecule has 100 valence electrons. The fourth-order valence-electron chi connectivity index (χ4n) is 2.02. The van der Waals surface area contributed by atoms with Gasteiger partial charge < -0.3 is 9.32 Å². The number of nitrogens with zero attached hydrogens (tertiary/aromatic N) is 2. The van der Waals surface area contributed by atoms with Gasteiger partial charge in [0.15, 0.2) is 5.58 Å².